The van der Waals surface area contributed by atoms with Crippen LogP contribution in [0.1, 0.15) is 45.0 Å². The van der Waals surface area contributed by atoms with Crippen LogP contribution in [-0.2, 0) is 6.42 Å². The molecule has 0 N–H and O–H groups in total. The van der Waals surface area contributed by atoms with E-state index in [4.69, 9.17) is 4.74 Å². The number of hydrogen-bond donors (Lipinski definition) is 0. The monoisotopic (exact) mass is 434 g/mol. The van der Waals surface area contributed by atoms with Crippen molar-refractivity contribution in [3.63, 3.8) is 0 Å². The average Bonchev–Trinajstić information content (AvgIpc) is 3.51. The first kappa shape index (κ1) is 21.6. The van der Waals surface area contributed by atoms with Crippen LogP contribution in [0.4, 0.5) is 0 Å². The normalized spacial score (nSPS) is 13.3. The summed E-state index contributed by atoms with van der Waals surface area (Å²) >= 11 is 1.61. The zero-order valence-electron chi connectivity index (χ0n) is 18.8. The third-order valence-electron chi connectivity index (χ3n) is 5.97. The number of benzene rings is 2. The van der Waals surface area contributed by atoms with Gasteiger partial charge in [0.15, 0.2) is 0 Å². The minimum absolute atomic E-state index is 0.0485. The van der Waals surface area contributed by atoms with Crippen molar-refractivity contribution in [2.24, 2.45) is 5.92 Å². The van der Waals surface area contributed by atoms with Crippen molar-refractivity contribution in [3.8, 4) is 16.2 Å². The molecule has 0 aliphatic heterocycles. The van der Waals surface area contributed by atoms with Gasteiger partial charge in [-0.15, -0.1) is 11.3 Å². The molecule has 1 saturated carbocycles. The predicted molar refractivity (Wildman–Crippen MR) is 127 cm³/mol. The molecule has 4 nitrogen and oxygen atoms in total. The Hall–Kier alpha value is -2.66. The van der Waals surface area contributed by atoms with Crippen molar-refractivity contribution in [1.82, 2.24) is 9.88 Å². The van der Waals surface area contributed by atoms with Crippen LogP contribution in [0.5, 0.6) is 5.75 Å². The number of hydrogen-bond acceptors (Lipinski definition) is 4. The van der Waals surface area contributed by atoms with Crippen LogP contribution in [0.3, 0.4) is 0 Å². The van der Waals surface area contributed by atoms with Gasteiger partial charge in [-0.25, -0.2) is 4.98 Å². The summed E-state index contributed by atoms with van der Waals surface area (Å²) in [5.74, 6) is 1.52. The molecule has 1 amide bonds. The molecule has 0 radical (unpaired) electrons. The molecule has 0 bridgehead atoms. The summed E-state index contributed by atoms with van der Waals surface area (Å²) in [4.78, 5) is 21.3. The van der Waals surface area contributed by atoms with E-state index in [1.807, 2.05) is 30.0 Å². The first-order chi connectivity index (χ1) is 14.9. The molecule has 1 heterocycles. The third-order valence-corrected chi connectivity index (χ3v) is 6.99. The fourth-order valence-corrected chi connectivity index (χ4v) is 4.69. The lowest BCUT2D eigenvalue weighted by molar-refractivity contribution is 0.0745. The summed E-state index contributed by atoms with van der Waals surface area (Å²) < 4.78 is 5.35. The van der Waals surface area contributed by atoms with Gasteiger partial charge in [0.1, 0.15) is 11.4 Å². The number of rotatable bonds is 8. The van der Waals surface area contributed by atoms with E-state index in [0.717, 1.165) is 34.2 Å². The van der Waals surface area contributed by atoms with Crippen molar-refractivity contribution in [3.05, 3.63) is 69.9 Å². The van der Waals surface area contributed by atoms with Crippen LogP contribution in [0, 0.1) is 26.7 Å². The molecular formula is C26H30N2O2S. The minimum Gasteiger partial charge on any atom is -0.497 e. The maximum atomic E-state index is 13.7. The van der Waals surface area contributed by atoms with Gasteiger partial charge >= 0.3 is 0 Å². The van der Waals surface area contributed by atoms with Crippen molar-refractivity contribution in [2.75, 3.05) is 20.2 Å². The highest BCUT2D eigenvalue weighted by atomic mass is 32.1. The van der Waals surface area contributed by atoms with E-state index in [9.17, 15) is 4.79 Å². The van der Waals surface area contributed by atoms with Crippen molar-refractivity contribution in [2.45, 2.75) is 40.0 Å². The number of methoxy groups -OCH3 is 1. The second kappa shape index (κ2) is 9.23. The summed E-state index contributed by atoms with van der Waals surface area (Å²) in [5, 5.41) is 0.927. The molecule has 4 rings (SSSR count). The van der Waals surface area contributed by atoms with E-state index < -0.39 is 0 Å². The predicted octanol–water partition coefficient (Wildman–Crippen LogP) is 5.84. The molecule has 1 aromatic heterocycles. The Labute approximate surface area is 188 Å². The second-order valence-electron chi connectivity index (χ2n) is 8.51. The molecule has 0 saturated heterocycles. The number of amides is 1. The van der Waals surface area contributed by atoms with Gasteiger partial charge in [0.2, 0.25) is 0 Å². The molecule has 1 fully saturated rings. The highest BCUT2D eigenvalue weighted by Crippen LogP contribution is 2.34. The van der Waals surface area contributed by atoms with Crippen molar-refractivity contribution < 1.29 is 9.53 Å². The largest absolute Gasteiger partial charge is 0.497 e. The number of aromatic nitrogens is 1. The number of thiazole rings is 1. The third kappa shape index (κ3) is 5.16. The number of nitrogens with zero attached hydrogens (tertiary/aromatic N) is 2. The lowest BCUT2D eigenvalue weighted by atomic mass is 10.0. The Morgan fingerprint density at radius 1 is 1.13 bits per heavy atom. The molecule has 0 atom stereocenters. The van der Waals surface area contributed by atoms with Crippen molar-refractivity contribution in [1.29, 1.82) is 0 Å². The molecule has 1 aliphatic carbocycles. The van der Waals surface area contributed by atoms with Crippen LogP contribution >= 0.6 is 11.3 Å². The van der Waals surface area contributed by atoms with Crippen LogP contribution in [0.25, 0.3) is 10.4 Å². The second-order valence-corrected chi connectivity index (χ2v) is 9.71. The van der Waals surface area contributed by atoms with Crippen LogP contribution in [0.2, 0.25) is 0 Å². The molecule has 1 aliphatic rings. The minimum atomic E-state index is 0.0485. The van der Waals surface area contributed by atoms with Gasteiger partial charge in [0.05, 0.1) is 17.0 Å². The molecule has 0 unspecified atom stereocenters. The number of carbonyl (C=O) groups is 1. The number of ether oxygens (including phenoxy) is 1. The highest BCUT2D eigenvalue weighted by Gasteiger charge is 2.30. The first-order valence-corrected chi connectivity index (χ1v) is 11.7. The lowest BCUT2D eigenvalue weighted by Crippen LogP contribution is -2.35. The molecule has 31 heavy (non-hydrogen) atoms. The Morgan fingerprint density at radius 2 is 1.94 bits per heavy atom. The maximum Gasteiger partial charge on any atom is 0.274 e. The standard InChI is InChI=1S/C26H30N2O2S/c1-17-8-11-22(14-18(17)2)25-24(27-19(3)31-25)26(29)28(16-21-9-10-21)13-12-20-6-5-7-23(15-20)30-4/h5-8,11,14-15,21H,9-10,12-13,16H2,1-4H3. The summed E-state index contributed by atoms with van der Waals surface area (Å²) in [6, 6.07) is 14.5. The van der Waals surface area contributed by atoms with E-state index in [2.05, 4.69) is 43.1 Å². The van der Waals surface area contributed by atoms with Gasteiger partial charge in [-0.2, -0.15) is 0 Å². The molecule has 5 heteroatoms. The summed E-state index contributed by atoms with van der Waals surface area (Å²) in [6.07, 6.45) is 3.23. The SMILES string of the molecule is COc1cccc(CCN(CC2CC2)C(=O)c2nc(C)sc2-c2ccc(C)c(C)c2)c1. The average molecular weight is 435 g/mol. The molecule has 0 spiro atoms. The Morgan fingerprint density at radius 3 is 2.65 bits per heavy atom. The zero-order chi connectivity index (χ0) is 22.0. The van der Waals surface area contributed by atoms with E-state index in [1.165, 1.54) is 29.5 Å². The van der Waals surface area contributed by atoms with Crippen LogP contribution < -0.4 is 4.74 Å². The smallest absolute Gasteiger partial charge is 0.274 e. The molecule has 2 aromatic carbocycles. The lowest BCUT2D eigenvalue weighted by Gasteiger charge is -2.22. The van der Waals surface area contributed by atoms with Gasteiger partial charge < -0.3 is 9.64 Å². The van der Waals surface area contributed by atoms with E-state index in [1.54, 1.807) is 18.4 Å². The summed E-state index contributed by atoms with van der Waals surface area (Å²) in [6.45, 7) is 7.70. The highest BCUT2D eigenvalue weighted by molar-refractivity contribution is 7.15. The summed E-state index contributed by atoms with van der Waals surface area (Å²) in [7, 11) is 1.68. The fourth-order valence-electron chi connectivity index (χ4n) is 3.78. The Balaban J connectivity index is 1.59. The Bertz CT molecular complexity index is 1080. The van der Waals surface area contributed by atoms with Gasteiger partial charge in [-0.1, -0.05) is 30.3 Å². The zero-order valence-corrected chi connectivity index (χ0v) is 19.6. The molecule has 162 valence electrons. The molecular weight excluding hydrogens is 404 g/mol. The van der Waals surface area contributed by atoms with Gasteiger partial charge in [0, 0.05) is 13.1 Å². The van der Waals surface area contributed by atoms with Gasteiger partial charge in [0.25, 0.3) is 5.91 Å². The van der Waals surface area contributed by atoms with E-state index in [0.29, 0.717) is 18.2 Å². The van der Waals surface area contributed by atoms with Gasteiger partial charge in [-0.05, 0) is 80.3 Å². The topological polar surface area (TPSA) is 42.4 Å². The van der Waals surface area contributed by atoms with Crippen LogP contribution in [0.15, 0.2) is 42.5 Å². The summed E-state index contributed by atoms with van der Waals surface area (Å²) in [5.41, 5.74) is 5.34. The van der Waals surface area contributed by atoms with Gasteiger partial charge in [-0.3, -0.25) is 4.79 Å². The maximum absolute atomic E-state index is 13.7. The Kier molecular flexibility index (Phi) is 6.42. The fraction of sp³-hybridized carbons (Fsp3) is 0.385. The number of carbonyl (C=O) groups excluding carboxylic acids is 1. The first-order valence-electron chi connectivity index (χ1n) is 10.9. The van der Waals surface area contributed by atoms with E-state index in [-0.39, 0.29) is 5.91 Å². The van der Waals surface area contributed by atoms with Crippen LogP contribution in [-0.4, -0.2) is 36.0 Å². The molecule has 3 aromatic rings. The van der Waals surface area contributed by atoms with E-state index >= 15 is 0 Å². The van der Waals surface area contributed by atoms with Crippen molar-refractivity contribution >= 4 is 17.2 Å². The quantitative estimate of drug-likeness (QED) is 0.447. The number of aryl methyl sites for hydroxylation is 3.